The zero-order valence-corrected chi connectivity index (χ0v) is 44.1. The normalized spacial score (nSPS) is 12.9. The fourth-order valence-electron chi connectivity index (χ4n) is 7.85. The molecule has 1 radical (unpaired) electrons. The second-order valence-electron chi connectivity index (χ2n) is 18.7. The third kappa shape index (κ3) is 39.3. The van der Waals surface area contributed by atoms with Crippen molar-refractivity contribution in [2.45, 2.75) is 199 Å². The third-order valence-electron chi connectivity index (χ3n) is 12.2. The number of carboxylic acid groups (broad SMARTS) is 2. The lowest BCUT2D eigenvalue weighted by Gasteiger charge is -2.31. The van der Waals surface area contributed by atoms with E-state index in [1.54, 1.807) is 12.1 Å². The number of nitrogens with one attached hydrogen (secondary N) is 4. The Labute approximate surface area is 431 Å². The van der Waals surface area contributed by atoms with E-state index < -0.39 is 29.7 Å². The van der Waals surface area contributed by atoms with Crippen LogP contribution in [0.2, 0.25) is 0 Å². The first-order chi connectivity index (χ1) is 34.9. The van der Waals surface area contributed by atoms with E-state index in [0.29, 0.717) is 51.6 Å². The number of ether oxygens (including phenoxy) is 5. The standard InChI is InChI=1S/C54H94N5O13/c1-3-4-5-6-7-8-9-10-11-14-17-21-32-54(2,58-33-22-20-24-46(55)43-60)72-42-41-69-38-35-57-51(63)44-70-40-39-68-37-34-56-49(61)31-30-48(53(66)67)59-50(62)25-19-16-13-12-15-18-23-36-71-47-28-26-45(27-29-47)52(64)65/h26-29,46,48,58H,3-25,30-42,44,55H2,1-2H3,(H,56,61)(H,57,63)(H,59,62)(H,64,65)(H,66,67)/t46-,48-,54?/m0/s1. The Bertz CT molecular complexity index is 1560. The number of amides is 3. The molecular weight excluding hydrogens is 927 g/mol. The van der Waals surface area contributed by atoms with Crippen LogP contribution in [0.5, 0.6) is 5.75 Å². The minimum atomic E-state index is -1.20. The molecule has 0 bridgehead atoms. The van der Waals surface area contributed by atoms with Gasteiger partial charge in [-0.2, -0.15) is 0 Å². The number of unbranched alkanes of at least 4 members (excludes halogenated alkanes) is 18. The number of hydrogen-bond donors (Lipinski definition) is 7. The Balaban J connectivity index is 2.08. The first kappa shape index (κ1) is 65.8. The van der Waals surface area contributed by atoms with Gasteiger partial charge in [-0.1, -0.05) is 116 Å². The van der Waals surface area contributed by atoms with E-state index in [4.69, 9.17) is 34.5 Å². The summed E-state index contributed by atoms with van der Waals surface area (Å²) >= 11 is 0. The summed E-state index contributed by atoms with van der Waals surface area (Å²) in [6, 6.07) is 4.62. The van der Waals surface area contributed by atoms with Gasteiger partial charge in [-0.3, -0.25) is 24.5 Å². The van der Waals surface area contributed by atoms with E-state index in [0.717, 1.165) is 70.8 Å². The zero-order chi connectivity index (χ0) is 52.8. The Hall–Kier alpha value is -4.20. The van der Waals surface area contributed by atoms with Crippen LogP contribution in [-0.4, -0.2) is 136 Å². The summed E-state index contributed by atoms with van der Waals surface area (Å²) in [5.74, 6) is -2.52. The lowest BCUT2D eigenvalue weighted by molar-refractivity contribution is -0.142. The fraction of sp³-hybridized carbons (Fsp3) is 0.778. The molecule has 0 saturated heterocycles. The maximum absolute atomic E-state index is 12.4. The van der Waals surface area contributed by atoms with E-state index in [1.165, 1.54) is 82.8 Å². The van der Waals surface area contributed by atoms with Crippen LogP contribution in [0.3, 0.4) is 0 Å². The molecule has 0 aliphatic heterocycles. The van der Waals surface area contributed by atoms with Crippen LogP contribution in [0.15, 0.2) is 24.3 Å². The summed E-state index contributed by atoms with van der Waals surface area (Å²) in [5, 5.41) is 30.1. The van der Waals surface area contributed by atoms with Crippen molar-refractivity contribution in [1.82, 2.24) is 21.3 Å². The van der Waals surface area contributed by atoms with Gasteiger partial charge in [-0.25, -0.2) is 9.59 Å². The third-order valence-corrected chi connectivity index (χ3v) is 12.2. The first-order valence-electron chi connectivity index (χ1n) is 27.2. The van der Waals surface area contributed by atoms with Gasteiger partial charge in [0.25, 0.3) is 0 Å². The Morgan fingerprint density at radius 2 is 1.15 bits per heavy atom. The average Bonchev–Trinajstić information content (AvgIpc) is 3.36. The topological polar surface area (TPSA) is 263 Å². The molecule has 1 unspecified atom stereocenters. The highest BCUT2D eigenvalue weighted by atomic mass is 16.5. The number of benzene rings is 1. The molecule has 1 aromatic rings. The molecule has 18 heteroatoms. The van der Waals surface area contributed by atoms with Gasteiger partial charge in [-0.15, -0.1) is 0 Å². The highest BCUT2D eigenvalue weighted by Gasteiger charge is 2.24. The van der Waals surface area contributed by atoms with Gasteiger partial charge in [0.2, 0.25) is 24.0 Å². The van der Waals surface area contributed by atoms with Crippen LogP contribution in [0.4, 0.5) is 0 Å². The van der Waals surface area contributed by atoms with Crippen LogP contribution in [0.1, 0.15) is 191 Å². The van der Waals surface area contributed by atoms with Crippen molar-refractivity contribution in [3.05, 3.63) is 29.8 Å². The molecular formula is C54H94N5O13. The van der Waals surface area contributed by atoms with E-state index in [-0.39, 0.29) is 75.5 Å². The van der Waals surface area contributed by atoms with Gasteiger partial charge in [-0.05, 0) is 82.7 Å². The molecule has 0 spiro atoms. The molecule has 3 atom stereocenters. The van der Waals surface area contributed by atoms with Crippen molar-refractivity contribution in [2.75, 3.05) is 72.5 Å². The van der Waals surface area contributed by atoms with Gasteiger partial charge in [0.05, 0.1) is 57.9 Å². The molecule has 0 aromatic heterocycles. The summed E-state index contributed by atoms with van der Waals surface area (Å²) in [7, 11) is 0. The van der Waals surface area contributed by atoms with Crippen molar-refractivity contribution in [3.8, 4) is 5.75 Å². The molecule has 1 aromatic carbocycles. The highest BCUT2D eigenvalue weighted by Crippen LogP contribution is 2.19. The van der Waals surface area contributed by atoms with Crippen LogP contribution in [0.25, 0.3) is 0 Å². The number of hydrogen-bond acceptors (Lipinski definition) is 13. The van der Waals surface area contributed by atoms with Crippen LogP contribution in [0, 0.1) is 0 Å². The lowest BCUT2D eigenvalue weighted by atomic mass is 10.0. The van der Waals surface area contributed by atoms with Crippen molar-refractivity contribution >= 4 is 35.9 Å². The van der Waals surface area contributed by atoms with Crippen molar-refractivity contribution in [3.63, 3.8) is 0 Å². The lowest BCUT2D eigenvalue weighted by Crippen LogP contribution is -2.46. The molecule has 0 heterocycles. The summed E-state index contributed by atoms with van der Waals surface area (Å²) in [6.07, 6.45) is 27.0. The zero-order valence-electron chi connectivity index (χ0n) is 44.1. The van der Waals surface area contributed by atoms with Gasteiger partial charge in [0.15, 0.2) is 0 Å². The number of rotatable bonds is 52. The summed E-state index contributed by atoms with van der Waals surface area (Å²) in [5.41, 5.74) is 5.41. The SMILES string of the molecule is CCCCCCCCCCCCCCC(C)(NCCCC[C@H](N)[C]=O)OCCOCCNC(=O)COCCOCCNC(=O)CC[C@H](NC(=O)CCCCCCCCCOc1ccc(C(=O)O)cc1)C(=O)O. The van der Waals surface area contributed by atoms with Crippen LogP contribution in [-0.2, 0) is 42.9 Å². The molecule has 0 aliphatic carbocycles. The van der Waals surface area contributed by atoms with Crippen LogP contribution < -0.4 is 31.7 Å². The maximum Gasteiger partial charge on any atom is 0.335 e. The minimum Gasteiger partial charge on any atom is -0.494 e. The predicted octanol–water partition coefficient (Wildman–Crippen LogP) is 7.54. The van der Waals surface area contributed by atoms with Gasteiger partial charge in [0.1, 0.15) is 24.1 Å². The minimum absolute atomic E-state index is 0.0410. The maximum atomic E-state index is 12.4. The highest BCUT2D eigenvalue weighted by molar-refractivity contribution is 5.87. The Kier molecular flexibility index (Phi) is 41.5. The first-order valence-corrected chi connectivity index (χ1v) is 27.2. The predicted molar refractivity (Wildman–Crippen MR) is 279 cm³/mol. The number of carbonyl (C=O) groups is 5. The number of carbonyl (C=O) groups excluding carboxylic acids is 4. The summed E-state index contributed by atoms with van der Waals surface area (Å²) in [6.45, 7) is 7.74. The Morgan fingerprint density at radius 1 is 0.597 bits per heavy atom. The molecule has 0 saturated carbocycles. The Morgan fingerprint density at radius 3 is 1.75 bits per heavy atom. The van der Waals surface area contributed by atoms with Crippen molar-refractivity contribution in [1.29, 1.82) is 0 Å². The monoisotopic (exact) mass is 1020 g/mol. The number of aromatic carboxylic acids is 1. The smallest absolute Gasteiger partial charge is 0.335 e. The fourth-order valence-corrected chi connectivity index (χ4v) is 7.85. The summed E-state index contributed by atoms with van der Waals surface area (Å²) in [4.78, 5) is 70.3. The average molecular weight is 1020 g/mol. The molecule has 8 N–H and O–H groups in total. The van der Waals surface area contributed by atoms with Crippen LogP contribution >= 0.6 is 0 Å². The number of carboxylic acids is 2. The van der Waals surface area contributed by atoms with Gasteiger partial charge >= 0.3 is 11.9 Å². The van der Waals surface area contributed by atoms with Crippen molar-refractivity contribution < 1.29 is 62.7 Å². The molecule has 3 amide bonds. The largest absolute Gasteiger partial charge is 0.494 e. The molecule has 18 nitrogen and oxygen atoms in total. The molecule has 0 aliphatic rings. The second kappa shape index (κ2) is 45.4. The number of nitrogens with two attached hydrogens (primary N) is 1. The number of aliphatic carboxylic acids is 1. The molecule has 413 valence electrons. The van der Waals surface area contributed by atoms with E-state index in [9.17, 15) is 33.9 Å². The van der Waals surface area contributed by atoms with Crippen molar-refractivity contribution in [2.24, 2.45) is 5.73 Å². The molecule has 72 heavy (non-hydrogen) atoms. The quantitative estimate of drug-likeness (QED) is 0.0246. The summed E-state index contributed by atoms with van der Waals surface area (Å²) < 4.78 is 28.5. The molecule has 1 rings (SSSR count). The van der Waals surface area contributed by atoms with E-state index in [2.05, 4.69) is 35.1 Å². The van der Waals surface area contributed by atoms with Gasteiger partial charge < -0.3 is 55.6 Å². The van der Waals surface area contributed by atoms with E-state index >= 15 is 0 Å². The second-order valence-corrected chi connectivity index (χ2v) is 18.7. The van der Waals surface area contributed by atoms with Gasteiger partial charge in [0, 0.05) is 25.9 Å². The molecule has 0 fully saturated rings. The van der Waals surface area contributed by atoms with E-state index in [1.807, 2.05) is 6.29 Å².